The lowest BCUT2D eigenvalue weighted by atomic mass is 9.82. The van der Waals surface area contributed by atoms with E-state index in [9.17, 15) is 4.79 Å². The lowest BCUT2D eigenvalue weighted by molar-refractivity contribution is -0.120. The van der Waals surface area contributed by atoms with Crippen molar-refractivity contribution in [3.05, 3.63) is 0 Å². The molecule has 0 bridgehead atoms. The summed E-state index contributed by atoms with van der Waals surface area (Å²) >= 11 is 1.88. The first-order valence-electron chi connectivity index (χ1n) is 4.90. The molecule has 0 spiro atoms. The van der Waals surface area contributed by atoms with Crippen LogP contribution in [0.3, 0.4) is 0 Å². The third-order valence-corrected chi connectivity index (χ3v) is 4.19. The van der Waals surface area contributed by atoms with Crippen LogP contribution in [0.15, 0.2) is 0 Å². The average Bonchev–Trinajstić information content (AvgIpc) is 2.03. The van der Waals surface area contributed by atoms with Gasteiger partial charge in [0.1, 0.15) is 0 Å². The van der Waals surface area contributed by atoms with Crippen LogP contribution in [0.1, 0.15) is 39.5 Å². The molecule has 0 heterocycles. The van der Waals surface area contributed by atoms with E-state index >= 15 is 0 Å². The van der Waals surface area contributed by atoms with E-state index in [1.165, 1.54) is 19.3 Å². The summed E-state index contributed by atoms with van der Waals surface area (Å²) in [6.07, 6.45) is 7.04. The average molecular weight is 201 g/mol. The largest absolute Gasteiger partial charge is 0.350 e. The van der Waals surface area contributed by atoms with Crippen molar-refractivity contribution in [2.75, 3.05) is 6.26 Å². The van der Waals surface area contributed by atoms with E-state index in [1.807, 2.05) is 11.8 Å². The molecule has 2 nitrogen and oxygen atoms in total. The molecule has 1 aliphatic carbocycles. The molecule has 1 N–H and O–H groups in total. The molecule has 1 fully saturated rings. The van der Waals surface area contributed by atoms with Gasteiger partial charge in [-0.05, 0) is 26.0 Å². The first kappa shape index (κ1) is 10.9. The lowest BCUT2D eigenvalue weighted by Crippen LogP contribution is -2.54. The van der Waals surface area contributed by atoms with Crippen LogP contribution in [-0.2, 0) is 4.79 Å². The molecule has 0 aromatic rings. The highest BCUT2D eigenvalue weighted by molar-refractivity contribution is 7.99. The van der Waals surface area contributed by atoms with Gasteiger partial charge >= 0.3 is 0 Å². The van der Waals surface area contributed by atoms with Crippen LogP contribution in [0.4, 0.5) is 0 Å². The van der Waals surface area contributed by atoms with E-state index in [4.69, 9.17) is 0 Å². The quantitative estimate of drug-likeness (QED) is 0.742. The van der Waals surface area contributed by atoms with Crippen LogP contribution in [0.2, 0.25) is 0 Å². The molecule has 2 unspecified atom stereocenters. The molecule has 2 atom stereocenters. The Kier molecular flexibility index (Phi) is 3.65. The Morgan fingerprint density at radius 3 is 2.77 bits per heavy atom. The maximum Gasteiger partial charge on any atom is 0.217 e. The maximum absolute atomic E-state index is 11.1. The molecule has 1 rings (SSSR count). The number of rotatable bonds is 2. The summed E-state index contributed by atoms with van der Waals surface area (Å²) in [4.78, 5) is 11.1. The molecule has 0 aliphatic heterocycles. The van der Waals surface area contributed by atoms with Crippen LogP contribution < -0.4 is 5.32 Å². The van der Waals surface area contributed by atoms with Crippen molar-refractivity contribution < 1.29 is 4.79 Å². The van der Waals surface area contributed by atoms with Gasteiger partial charge in [0.15, 0.2) is 0 Å². The van der Waals surface area contributed by atoms with Gasteiger partial charge in [0.2, 0.25) is 5.91 Å². The molecule has 1 aliphatic rings. The highest BCUT2D eigenvalue weighted by Gasteiger charge is 2.36. The van der Waals surface area contributed by atoms with E-state index in [-0.39, 0.29) is 11.4 Å². The number of hydrogen-bond acceptors (Lipinski definition) is 2. The number of thioether (sulfide) groups is 1. The molecule has 76 valence electrons. The Hall–Kier alpha value is -0.180. The Labute approximate surface area is 84.9 Å². The maximum atomic E-state index is 11.1. The van der Waals surface area contributed by atoms with Crippen molar-refractivity contribution in [1.29, 1.82) is 0 Å². The topological polar surface area (TPSA) is 29.1 Å². The third kappa shape index (κ3) is 2.63. The van der Waals surface area contributed by atoms with Crippen LogP contribution in [-0.4, -0.2) is 23.0 Å². The molecule has 1 saturated carbocycles. The highest BCUT2D eigenvalue weighted by atomic mass is 32.2. The normalized spacial score (nSPS) is 34.2. The summed E-state index contributed by atoms with van der Waals surface area (Å²) in [5, 5.41) is 3.69. The van der Waals surface area contributed by atoms with Crippen molar-refractivity contribution in [2.45, 2.75) is 50.3 Å². The second-order valence-electron chi connectivity index (χ2n) is 4.07. The third-order valence-electron chi connectivity index (χ3n) is 2.87. The van der Waals surface area contributed by atoms with E-state index in [1.54, 1.807) is 6.92 Å². The standard InChI is InChI=1S/C10H19NOS/c1-8(12)11-10(2)7-5-4-6-9(10)13-3/h9H,4-7H2,1-3H3,(H,11,12). The predicted molar refractivity (Wildman–Crippen MR) is 58.0 cm³/mol. The number of carbonyl (C=O) groups is 1. The Morgan fingerprint density at radius 2 is 2.23 bits per heavy atom. The minimum Gasteiger partial charge on any atom is -0.350 e. The second-order valence-corrected chi connectivity index (χ2v) is 5.11. The van der Waals surface area contributed by atoms with Gasteiger partial charge in [-0.2, -0.15) is 11.8 Å². The van der Waals surface area contributed by atoms with Gasteiger partial charge in [-0.1, -0.05) is 12.8 Å². The van der Waals surface area contributed by atoms with Crippen molar-refractivity contribution in [2.24, 2.45) is 0 Å². The molecule has 0 radical (unpaired) electrons. The SMILES string of the molecule is CSC1CCCCC1(C)NC(C)=O. The smallest absolute Gasteiger partial charge is 0.217 e. The fourth-order valence-electron chi connectivity index (χ4n) is 2.22. The molecule has 0 aromatic carbocycles. The fraction of sp³-hybridized carbons (Fsp3) is 0.900. The van der Waals surface area contributed by atoms with Crippen molar-refractivity contribution >= 4 is 17.7 Å². The summed E-state index contributed by atoms with van der Waals surface area (Å²) in [5.41, 5.74) is 0.0312. The van der Waals surface area contributed by atoms with Gasteiger partial charge in [0.25, 0.3) is 0 Å². The Bertz CT molecular complexity index is 195. The molecular weight excluding hydrogens is 182 g/mol. The van der Waals surface area contributed by atoms with Gasteiger partial charge in [0.05, 0.1) is 0 Å². The van der Waals surface area contributed by atoms with E-state index in [0.717, 1.165) is 6.42 Å². The van der Waals surface area contributed by atoms with Gasteiger partial charge in [-0.3, -0.25) is 4.79 Å². The molecule has 1 amide bonds. The fourth-order valence-corrected chi connectivity index (χ4v) is 3.32. The van der Waals surface area contributed by atoms with Crippen molar-refractivity contribution in [3.63, 3.8) is 0 Å². The van der Waals surface area contributed by atoms with Gasteiger partial charge < -0.3 is 5.32 Å². The zero-order valence-electron chi connectivity index (χ0n) is 8.72. The minimum absolute atomic E-state index is 0.0312. The molecule has 13 heavy (non-hydrogen) atoms. The summed E-state index contributed by atoms with van der Waals surface area (Å²) in [7, 11) is 0. The number of amides is 1. The lowest BCUT2D eigenvalue weighted by Gasteiger charge is -2.41. The molecule has 0 aromatic heterocycles. The van der Waals surface area contributed by atoms with Crippen molar-refractivity contribution in [1.82, 2.24) is 5.32 Å². The summed E-state index contributed by atoms with van der Waals surface area (Å²) < 4.78 is 0. The Morgan fingerprint density at radius 1 is 1.54 bits per heavy atom. The van der Waals surface area contributed by atoms with Crippen LogP contribution in [0.5, 0.6) is 0 Å². The predicted octanol–water partition coefficient (Wildman–Crippen LogP) is 2.19. The monoisotopic (exact) mass is 201 g/mol. The van der Waals surface area contributed by atoms with Crippen LogP contribution in [0.25, 0.3) is 0 Å². The van der Waals surface area contributed by atoms with Gasteiger partial charge in [0, 0.05) is 17.7 Å². The first-order chi connectivity index (χ1) is 6.08. The van der Waals surface area contributed by atoms with Crippen LogP contribution in [0, 0.1) is 0 Å². The van der Waals surface area contributed by atoms with E-state index in [0.29, 0.717) is 5.25 Å². The van der Waals surface area contributed by atoms with Gasteiger partial charge in [-0.15, -0.1) is 0 Å². The Balaban J connectivity index is 2.64. The molecule has 3 heteroatoms. The van der Waals surface area contributed by atoms with Crippen molar-refractivity contribution in [3.8, 4) is 0 Å². The van der Waals surface area contributed by atoms with E-state index in [2.05, 4.69) is 18.5 Å². The minimum atomic E-state index is 0.0312. The number of hydrogen-bond donors (Lipinski definition) is 1. The van der Waals surface area contributed by atoms with Crippen LogP contribution >= 0.6 is 11.8 Å². The summed E-state index contributed by atoms with van der Waals surface area (Å²) in [5.74, 6) is 0.100. The highest BCUT2D eigenvalue weighted by Crippen LogP contribution is 2.35. The second kappa shape index (κ2) is 4.36. The van der Waals surface area contributed by atoms with Gasteiger partial charge in [-0.25, -0.2) is 0 Å². The number of carbonyl (C=O) groups excluding carboxylic acids is 1. The summed E-state index contributed by atoms with van der Waals surface area (Å²) in [6.45, 7) is 3.78. The zero-order chi connectivity index (χ0) is 9.90. The zero-order valence-corrected chi connectivity index (χ0v) is 9.54. The van der Waals surface area contributed by atoms with E-state index < -0.39 is 0 Å². The molecular formula is C10H19NOS. The first-order valence-corrected chi connectivity index (χ1v) is 6.19. The molecule has 0 saturated heterocycles. The summed E-state index contributed by atoms with van der Waals surface area (Å²) in [6, 6.07) is 0. The number of nitrogens with one attached hydrogen (secondary N) is 1.